The maximum atomic E-state index is 14.8. The lowest BCUT2D eigenvalue weighted by Crippen LogP contribution is -2.11. The molecule has 4 rings (SSSR count). The van der Waals surface area contributed by atoms with Crippen LogP contribution in [0.1, 0.15) is 30.9 Å². The second kappa shape index (κ2) is 8.93. The smallest absolute Gasteiger partial charge is 0.206 e. The SMILES string of the molecule is CCCCc1ccc2cc(-c3ccc(-c4cc(F)c(C(F)(F)F)c(F)c4)c(F)c3)ccc2c1. The average Bonchev–Trinajstić information content (AvgIpc) is 2.75. The van der Waals surface area contributed by atoms with Crippen LogP contribution in [0.5, 0.6) is 0 Å². The number of aryl methyl sites for hydroxylation is 1. The fourth-order valence-corrected chi connectivity index (χ4v) is 3.94. The van der Waals surface area contributed by atoms with Crippen molar-refractivity contribution < 1.29 is 26.3 Å². The number of unbranched alkanes of at least 4 members (excludes halogenated alkanes) is 1. The molecule has 0 amide bonds. The van der Waals surface area contributed by atoms with Crippen LogP contribution in [0.4, 0.5) is 26.3 Å². The molecule has 0 heterocycles. The summed E-state index contributed by atoms with van der Waals surface area (Å²) in [6.45, 7) is 2.14. The molecule has 0 unspecified atom stereocenters. The molecule has 0 aliphatic rings. The highest BCUT2D eigenvalue weighted by Gasteiger charge is 2.38. The zero-order chi connectivity index (χ0) is 23.8. The molecule has 6 heteroatoms. The molecule has 4 aromatic carbocycles. The Balaban J connectivity index is 1.67. The van der Waals surface area contributed by atoms with Gasteiger partial charge in [-0.3, -0.25) is 0 Å². The van der Waals surface area contributed by atoms with Gasteiger partial charge in [0.05, 0.1) is 0 Å². The number of fused-ring (bicyclic) bond motifs is 1. The van der Waals surface area contributed by atoms with Crippen molar-refractivity contribution >= 4 is 10.8 Å². The summed E-state index contributed by atoms with van der Waals surface area (Å²) in [7, 11) is 0. The van der Waals surface area contributed by atoms with Gasteiger partial charge in [0.2, 0.25) is 0 Å². The van der Waals surface area contributed by atoms with E-state index in [-0.39, 0.29) is 11.1 Å². The minimum Gasteiger partial charge on any atom is -0.206 e. The first-order valence-corrected chi connectivity index (χ1v) is 10.6. The van der Waals surface area contributed by atoms with Gasteiger partial charge in [-0.05, 0) is 70.1 Å². The van der Waals surface area contributed by atoms with E-state index in [4.69, 9.17) is 0 Å². The van der Waals surface area contributed by atoms with Gasteiger partial charge in [0, 0.05) is 5.56 Å². The van der Waals surface area contributed by atoms with Crippen LogP contribution in [0.2, 0.25) is 0 Å². The van der Waals surface area contributed by atoms with Gasteiger partial charge in [0.1, 0.15) is 23.0 Å². The highest BCUT2D eigenvalue weighted by Crippen LogP contribution is 2.37. The Morgan fingerprint density at radius 1 is 0.636 bits per heavy atom. The van der Waals surface area contributed by atoms with Gasteiger partial charge in [0.25, 0.3) is 0 Å². The van der Waals surface area contributed by atoms with Crippen LogP contribution in [0, 0.1) is 17.5 Å². The molecule has 170 valence electrons. The molecule has 0 aliphatic carbocycles. The Morgan fingerprint density at radius 2 is 1.21 bits per heavy atom. The summed E-state index contributed by atoms with van der Waals surface area (Å²) in [6.07, 6.45) is -1.94. The maximum absolute atomic E-state index is 14.8. The highest BCUT2D eigenvalue weighted by molar-refractivity contribution is 5.88. The van der Waals surface area contributed by atoms with Gasteiger partial charge >= 0.3 is 6.18 Å². The lowest BCUT2D eigenvalue weighted by atomic mass is 9.96. The first-order chi connectivity index (χ1) is 15.7. The summed E-state index contributed by atoms with van der Waals surface area (Å²) in [5, 5.41) is 2.06. The molecule has 4 aromatic rings. The van der Waals surface area contributed by atoms with E-state index in [1.54, 1.807) is 6.07 Å². The number of hydrogen-bond donors (Lipinski definition) is 0. The molecule has 0 aliphatic heterocycles. The van der Waals surface area contributed by atoms with Crippen LogP contribution in [0.25, 0.3) is 33.0 Å². The number of benzene rings is 4. The molecular formula is C27H20F6. The van der Waals surface area contributed by atoms with Gasteiger partial charge in [-0.2, -0.15) is 13.2 Å². The fourth-order valence-electron chi connectivity index (χ4n) is 3.94. The molecule has 0 radical (unpaired) electrons. The van der Waals surface area contributed by atoms with Gasteiger partial charge in [-0.1, -0.05) is 55.8 Å². The lowest BCUT2D eigenvalue weighted by molar-refractivity contribution is -0.142. The molecule has 0 saturated carbocycles. The Morgan fingerprint density at radius 3 is 1.85 bits per heavy atom. The molecule has 33 heavy (non-hydrogen) atoms. The van der Waals surface area contributed by atoms with E-state index < -0.39 is 29.2 Å². The van der Waals surface area contributed by atoms with Gasteiger partial charge in [0.15, 0.2) is 0 Å². The fraction of sp³-hybridized carbons (Fsp3) is 0.185. The quantitative estimate of drug-likeness (QED) is 0.262. The summed E-state index contributed by atoms with van der Waals surface area (Å²) in [5.74, 6) is -4.36. The predicted molar refractivity (Wildman–Crippen MR) is 118 cm³/mol. The molecule has 0 atom stereocenters. The third-order valence-corrected chi connectivity index (χ3v) is 5.66. The van der Waals surface area contributed by atoms with Crippen LogP contribution in [0.3, 0.4) is 0 Å². The zero-order valence-electron chi connectivity index (χ0n) is 17.7. The first kappa shape index (κ1) is 22.9. The maximum Gasteiger partial charge on any atom is 0.422 e. The average molecular weight is 458 g/mol. The van der Waals surface area contributed by atoms with Crippen LogP contribution in [-0.2, 0) is 12.6 Å². The summed E-state index contributed by atoms with van der Waals surface area (Å²) in [4.78, 5) is 0. The normalized spacial score (nSPS) is 11.8. The summed E-state index contributed by atoms with van der Waals surface area (Å²) in [5.41, 5.74) is 0.0627. The summed E-state index contributed by atoms with van der Waals surface area (Å²) in [6, 6.07) is 17.0. The van der Waals surface area contributed by atoms with Crippen molar-refractivity contribution in [2.24, 2.45) is 0 Å². The van der Waals surface area contributed by atoms with Crippen molar-refractivity contribution in [3.8, 4) is 22.3 Å². The number of alkyl halides is 3. The van der Waals surface area contributed by atoms with Crippen LogP contribution >= 0.6 is 0 Å². The molecule has 0 fully saturated rings. The number of halogens is 6. The van der Waals surface area contributed by atoms with Crippen molar-refractivity contribution in [2.45, 2.75) is 32.4 Å². The standard InChI is InChI=1S/C27H20F6/c1-2-3-4-16-5-6-18-12-19(8-7-17(18)11-16)20-9-10-22(23(28)13-20)21-14-24(29)26(25(30)15-21)27(31,32)33/h5-15H,2-4H2,1H3. The Labute approximate surface area is 187 Å². The molecular weight excluding hydrogens is 438 g/mol. The van der Waals surface area contributed by atoms with E-state index >= 15 is 0 Å². The van der Waals surface area contributed by atoms with E-state index in [9.17, 15) is 26.3 Å². The third kappa shape index (κ3) is 4.75. The second-order valence-electron chi connectivity index (χ2n) is 8.01. The van der Waals surface area contributed by atoms with Crippen LogP contribution < -0.4 is 0 Å². The van der Waals surface area contributed by atoms with Gasteiger partial charge < -0.3 is 0 Å². The van der Waals surface area contributed by atoms with E-state index in [1.165, 1.54) is 17.7 Å². The Hall–Kier alpha value is -3.28. The summed E-state index contributed by atoms with van der Waals surface area (Å²) < 4.78 is 81.1. The molecule has 0 saturated heterocycles. The third-order valence-electron chi connectivity index (χ3n) is 5.66. The van der Waals surface area contributed by atoms with E-state index in [0.717, 1.165) is 35.6 Å². The van der Waals surface area contributed by atoms with E-state index in [0.29, 0.717) is 17.7 Å². The van der Waals surface area contributed by atoms with Crippen molar-refractivity contribution in [2.75, 3.05) is 0 Å². The highest BCUT2D eigenvalue weighted by atomic mass is 19.4. The minimum atomic E-state index is -5.18. The minimum absolute atomic E-state index is 0.188. The van der Waals surface area contributed by atoms with Gasteiger partial charge in [-0.15, -0.1) is 0 Å². The number of rotatable bonds is 5. The second-order valence-corrected chi connectivity index (χ2v) is 8.01. The molecule has 0 spiro atoms. The Bertz CT molecular complexity index is 1300. The summed E-state index contributed by atoms with van der Waals surface area (Å²) >= 11 is 0. The topological polar surface area (TPSA) is 0 Å². The van der Waals surface area contributed by atoms with Crippen molar-refractivity contribution in [3.05, 3.63) is 95.3 Å². The molecule has 0 bridgehead atoms. The Kier molecular flexibility index (Phi) is 6.19. The predicted octanol–water partition coefficient (Wildman–Crippen LogP) is 8.95. The number of hydrogen-bond acceptors (Lipinski definition) is 0. The van der Waals surface area contributed by atoms with Crippen molar-refractivity contribution in [3.63, 3.8) is 0 Å². The largest absolute Gasteiger partial charge is 0.422 e. The zero-order valence-corrected chi connectivity index (χ0v) is 17.7. The van der Waals surface area contributed by atoms with Crippen molar-refractivity contribution in [1.82, 2.24) is 0 Å². The molecule has 0 aromatic heterocycles. The van der Waals surface area contributed by atoms with Crippen LogP contribution in [0.15, 0.2) is 66.7 Å². The van der Waals surface area contributed by atoms with E-state index in [2.05, 4.69) is 19.1 Å². The lowest BCUT2D eigenvalue weighted by Gasteiger charge is -2.12. The monoisotopic (exact) mass is 458 g/mol. The van der Waals surface area contributed by atoms with Gasteiger partial charge in [-0.25, -0.2) is 13.2 Å². The van der Waals surface area contributed by atoms with E-state index in [1.807, 2.05) is 24.3 Å². The van der Waals surface area contributed by atoms with Crippen molar-refractivity contribution in [1.29, 1.82) is 0 Å². The molecule has 0 N–H and O–H groups in total. The molecule has 0 nitrogen and oxygen atoms in total. The first-order valence-electron chi connectivity index (χ1n) is 10.6. The van der Waals surface area contributed by atoms with Crippen LogP contribution in [-0.4, -0.2) is 0 Å².